The monoisotopic (exact) mass is 378 g/mol. The standard InChI is InChI=1S/C19H19FN8/c1-10(12-4-5-13-18(17(12)20)23-9-22-13)24-19-21-7-6-15(26-19)25-16-8-14(27-28-16)11-2-3-11/h4-11H,2-3H2,1H3,(H,22,23)(H3,21,24,25,26,27,28). The molecule has 3 heterocycles. The number of aromatic nitrogens is 6. The molecule has 3 aromatic heterocycles. The number of hydrogen-bond donors (Lipinski definition) is 4. The molecule has 0 saturated heterocycles. The van der Waals surface area contributed by atoms with Crippen LogP contribution in [0.4, 0.5) is 22.0 Å². The SMILES string of the molecule is CC(Nc1nccc(Nc2cc(C3CC3)[nH]n2)n1)c1ccc2[nH]cnc2c1F. The van der Waals surface area contributed by atoms with E-state index < -0.39 is 0 Å². The largest absolute Gasteiger partial charge is 0.348 e. The van der Waals surface area contributed by atoms with Gasteiger partial charge in [0.15, 0.2) is 11.6 Å². The first-order valence-electron chi connectivity index (χ1n) is 9.21. The van der Waals surface area contributed by atoms with E-state index >= 15 is 0 Å². The smallest absolute Gasteiger partial charge is 0.225 e. The number of nitrogens with zero attached hydrogens (tertiary/aromatic N) is 4. The van der Waals surface area contributed by atoms with Crippen LogP contribution >= 0.6 is 0 Å². The van der Waals surface area contributed by atoms with E-state index in [1.54, 1.807) is 18.3 Å². The minimum absolute atomic E-state index is 0.326. The van der Waals surface area contributed by atoms with Crippen LogP contribution in [0, 0.1) is 5.82 Å². The van der Waals surface area contributed by atoms with Crippen molar-refractivity contribution in [3.63, 3.8) is 0 Å². The molecule has 0 radical (unpaired) electrons. The average molecular weight is 378 g/mol. The molecular formula is C19H19FN8. The summed E-state index contributed by atoms with van der Waals surface area (Å²) in [4.78, 5) is 15.6. The summed E-state index contributed by atoms with van der Waals surface area (Å²) in [6.45, 7) is 1.86. The zero-order valence-electron chi connectivity index (χ0n) is 15.2. The maximum Gasteiger partial charge on any atom is 0.225 e. The van der Waals surface area contributed by atoms with E-state index in [4.69, 9.17) is 0 Å². The molecule has 0 bridgehead atoms. The summed E-state index contributed by atoms with van der Waals surface area (Å²) in [6, 6.07) is 6.98. The van der Waals surface area contributed by atoms with E-state index in [9.17, 15) is 4.39 Å². The van der Waals surface area contributed by atoms with Gasteiger partial charge in [0.05, 0.1) is 17.9 Å². The molecule has 5 rings (SSSR count). The number of rotatable bonds is 6. The van der Waals surface area contributed by atoms with Crippen molar-refractivity contribution >= 4 is 28.6 Å². The Morgan fingerprint density at radius 2 is 2.07 bits per heavy atom. The summed E-state index contributed by atoms with van der Waals surface area (Å²) in [5.41, 5.74) is 2.64. The van der Waals surface area contributed by atoms with Gasteiger partial charge in [-0.25, -0.2) is 14.4 Å². The fourth-order valence-electron chi connectivity index (χ4n) is 3.23. The summed E-state index contributed by atoms with van der Waals surface area (Å²) in [6.07, 6.45) is 5.55. The van der Waals surface area contributed by atoms with E-state index in [0.717, 1.165) is 11.5 Å². The van der Waals surface area contributed by atoms with E-state index in [-0.39, 0.29) is 11.9 Å². The van der Waals surface area contributed by atoms with Crippen molar-refractivity contribution in [1.82, 2.24) is 30.1 Å². The topological polar surface area (TPSA) is 107 Å². The van der Waals surface area contributed by atoms with Gasteiger partial charge in [0.2, 0.25) is 5.95 Å². The molecule has 1 unspecified atom stereocenters. The molecule has 1 atom stereocenters. The number of halogens is 1. The normalized spacial score (nSPS) is 14.9. The third kappa shape index (κ3) is 3.15. The molecule has 1 aliphatic carbocycles. The van der Waals surface area contributed by atoms with Gasteiger partial charge >= 0.3 is 0 Å². The number of anilines is 3. The van der Waals surface area contributed by atoms with Gasteiger partial charge in [0, 0.05) is 29.4 Å². The first-order chi connectivity index (χ1) is 13.7. The van der Waals surface area contributed by atoms with Gasteiger partial charge in [0.1, 0.15) is 11.3 Å². The fourth-order valence-corrected chi connectivity index (χ4v) is 3.23. The predicted molar refractivity (Wildman–Crippen MR) is 104 cm³/mol. The van der Waals surface area contributed by atoms with Crippen LogP contribution < -0.4 is 10.6 Å². The van der Waals surface area contributed by atoms with Gasteiger partial charge in [-0.1, -0.05) is 6.07 Å². The van der Waals surface area contributed by atoms with Gasteiger partial charge in [-0.15, -0.1) is 0 Å². The lowest BCUT2D eigenvalue weighted by Crippen LogP contribution is -2.11. The molecule has 142 valence electrons. The lowest BCUT2D eigenvalue weighted by molar-refractivity contribution is 0.609. The molecule has 9 heteroatoms. The van der Waals surface area contributed by atoms with Crippen molar-refractivity contribution in [3.8, 4) is 0 Å². The summed E-state index contributed by atoms with van der Waals surface area (Å²) >= 11 is 0. The fraction of sp³-hybridized carbons (Fsp3) is 0.263. The molecule has 1 aromatic carbocycles. The highest BCUT2D eigenvalue weighted by molar-refractivity contribution is 5.76. The number of fused-ring (bicyclic) bond motifs is 1. The van der Waals surface area contributed by atoms with Gasteiger partial charge < -0.3 is 15.6 Å². The van der Waals surface area contributed by atoms with Crippen molar-refractivity contribution < 1.29 is 4.39 Å². The third-order valence-corrected chi connectivity index (χ3v) is 4.90. The van der Waals surface area contributed by atoms with Crippen LogP contribution in [0.2, 0.25) is 0 Å². The minimum Gasteiger partial charge on any atom is -0.348 e. The van der Waals surface area contributed by atoms with E-state index in [1.807, 2.05) is 19.1 Å². The Bertz CT molecular complexity index is 1130. The first-order valence-corrected chi connectivity index (χ1v) is 9.21. The van der Waals surface area contributed by atoms with Crippen LogP contribution in [0.1, 0.15) is 43.0 Å². The molecule has 1 aliphatic rings. The number of aromatic amines is 2. The van der Waals surface area contributed by atoms with Crippen LogP contribution in [0.3, 0.4) is 0 Å². The van der Waals surface area contributed by atoms with Crippen molar-refractivity contribution in [2.75, 3.05) is 10.6 Å². The molecule has 28 heavy (non-hydrogen) atoms. The molecule has 8 nitrogen and oxygen atoms in total. The molecule has 0 spiro atoms. The zero-order valence-corrected chi connectivity index (χ0v) is 15.2. The Morgan fingerprint density at radius 1 is 1.18 bits per heavy atom. The number of H-pyrrole nitrogens is 2. The van der Waals surface area contributed by atoms with Crippen LogP contribution in [0.15, 0.2) is 36.8 Å². The van der Waals surface area contributed by atoms with Crippen LogP contribution in [-0.4, -0.2) is 30.1 Å². The quantitative estimate of drug-likeness (QED) is 0.404. The highest BCUT2D eigenvalue weighted by atomic mass is 19.1. The highest BCUT2D eigenvalue weighted by Gasteiger charge is 2.25. The second kappa shape index (κ2) is 6.59. The summed E-state index contributed by atoms with van der Waals surface area (Å²) < 4.78 is 14.7. The number of nitrogens with one attached hydrogen (secondary N) is 4. The van der Waals surface area contributed by atoms with E-state index in [1.165, 1.54) is 19.2 Å². The average Bonchev–Trinajstić information content (AvgIpc) is 3.23. The Kier molecular flexibility index (Phi) is 3.92. The van der Waals surface area contributed by atoms with Gasteiger partial charge in [-0.2, -0.15) is 10.1 Å². The second-order valence-electron chi connectivity index (χ2n) is 7.01. The summed E-state index contributed by atoms with van der Waals surface area (Å²) in [5, 5.41) is 13.6. The lowest BCUT2D eigenvalue weighted by atomic mass is 10.1. The Balaban J connectivity index is 1.33. The molecule has 1 saturated carbocycles. The number of hydrogen-bond acceptors (Lipinski definition) is 6. The summed E-state index contributed by atoms with van der Waals surface area (Å²) in [7, 11) is 0. The van der Waals surface area contributed by atoms with Crippen molar-refractivity contribution in [2.45, 2.75) is 31.7 Å². The summed E-state index contributed by atoms with van der Waals surface area (Å²) in [5.74, 6) is 1.99. The number of imidazole rings is 1. The second-order valence-corrected chi connectivity index (χ2v) is 7.01. The first kappa shape index (κ1) is 16.7. The predicted octanol–water partition coefficient (Wildman–Crippen LogP) is 4.01. The lowest BCUT2D eigenvalue weighted by Gasteiger charge is -2.15. The van der Waals surface area contributed by atoms with Gasteiger partial charge in [-0.05, 0) is 31.9 Å². The van der Waals surface area contributed by atoms with Crippen LogP contribution in [0.25, 0.3) is 11.0 Å². The zero-order chi connectivity index (χ0) is 19.1. The van der Waals surface area contributed by atoms with Gasteiger partial charge in [0.25, 0.3) is 0 Å². The van der Waals surface area contributed by atoms with E-state index in [2.05, 4.69) is 40.8 Å². The molecule has 0 aliphatic heterocycles. The number of benzene rings is 1. The Hall–Kier alpha value is -3.49. The van der Waals surface area contributed by atoms with Crippen molar-refractivity contribution in [2.24, 2.45) is 0 Å². The molecule has 1 fully saturated rings. The molecule has 4 aromatic rings. The molecular weight excluding hydrogens is 359 g/mol. The Morgan fingerprint density at radius 3 is 2.93 bits per heavy atom. The Labute approximate surface area is 160 Å². The van der Waals surface area contributed by atoms with Crippen LogP contribution in [0.5, 0.6) is 0 Å². The minimum atomic E-state index is -0.350. The molecule has 0 amide bonds. The maximum atomic E-state index is 14.7. The molecule has 4 N–H and O–H groups in total. The van der Waals surface area contributed by atoms with Gasteiger partial charge in [-0.3, -0.25) is 5.10 Å². The van der Waals surface area contributed by atoms with Crippen LogP contribution in [-0.2, 0) is 0 Å². The van der Waals surface area contributed by atoms with E-state index in [0.29, 0.717) is 34.3 Å². The van der Waals surface area contributed by atoms with Crippen molar-refractivity contribution in [1.29, 1.82) is 0 Å². The van der Waals surface area contributed by atoms with Crippen molar-refractivity contribution in [3.05, 3.63) is 53.9 Å². The maximum absolute atomic E-state index is 14.7. The highest BCUT2D eigenvalue weighted by Crippen LogP contribution is 2.39. The third-order valence-electron chi connectivity index (χ3n) is 4.90.